The minimum atomic E-state index is -3.13. The summed E-state index contributed by atoms with van der Waals surface area (Å²) in [7, 11) is 3.54. The maximum absolute atomic E-state index is 15.2. The van der Waals surface area contributed by atoms with E-state index in [1.54, 1.807) is 31.4 Å². The van der Waals surface area contributed by atoms with Gasteiger partial charge in [-0.2, -0.15) is 10.1 Å². The summed E-state index contributed by atoms with van der Waals surface area (Å²) in [6.07, 6.45) is 5.82. The molecule has 4 fully saturated rings. The summed E-state index contributed by atoms with van der Waals surface area (Å²) in [6, 6.07) is 10.5. The summed E-state index contributed by atoms with van der Waals surface area (Å²) < 4.78 is 39.2. The van der Waals surface area contributed by atoms with Crippen LogP contribution in [0.3, 0.4) is 0 Å². The Bertz CT molecular complexity index is 2700. The number of amides is 2. The lowest BCUT2D eigenvalue weighted by molar-refractivity contribution is -0.134. The molecule has 2 aromatic carbocycles. The smallest absolute Gasteiger partial charge is 0.301 e. The fraction of sp³-hybridized carbons (Fsp3) is 0.511. The van der Waals surface area contributed by atoms with Gasteiger partial charge in [0, 0.05) is 81.8 Å². The average molecular weight is 884 g/mol. The second kappa shape index (κ2) is 15.6. The lowest BCUT2D eigenvalue weighted by Gasteiger charge is -2.50. The molecule has 15 nitrogen and oxygen atoms in total. The van der Waals surface area contributed by atoms with Crippen molar-refractivity contribution >= 4 is 74.0 Å². The Morgan fingerprint density at radius 1 is 0.937 bits per heavy atom. The molecule has 5 aliphatic rings. The van der Waals surface area contributed by atoms with Gasteiger partial charge in [0.05, 0.1) is 46.3 Å². The molecule has 0 spiro atoms. The summed E-state index contributed by atoms with van der Waals surface area (Å²) in [4.78, 5) is 54.5. The predicted molar refractivity (Wildman–Crippen MR) is 239 cm³/mol. The van der Waals surface area contributed by atoms with Gasteiger partial charge in [-0.15, -0.1) is 0 Å². The van der Waals surface area contributed by atoms with Crippen LogP contribution in [0.15, 0.2) is 47.4 Å². The van der Waals surface area contributed by atoms with Gasteiger partial charge in [-0.05, 0) is 82.1 Å². The Hall–Kier alpha value is -5.55. The van der Waals surface area contributed by atoms with Crippen LogP contribution in [-0.4, -0.2) is 104 Å². The minimum absolute atomic E-state index is 0.0461. The van der Waals surface area contributed by atoms with Gasteiger partial charge in [-0.1, -0.05) is 23.7 Å². The number of hydrogen-bond acceptors (Lipinski definition) is 12. The molecule has 7 heterocycles. The first-order chi connectivity index (χ1) is 30.2. The largest absolute Gasteiger partial charge is 0.480 e. The molecule has 4 aliphatic heterocycles. The van der Waals surface area contributed by atoms with Crippen LogP contribution in [0.5, 0.6) is 5.75 Å². The van der Waals surface area contributed by atoms with E-state index in [9.17, 15) is 14.4 Å². The molecule has 3 saturated heterocycles. The first kappa shape index (κ1) is 41.5. The first-order valence-electron chi connectivity index (χ1n) is 22.0. The first-order valence-corrected chi connectivity index (χ1v) is 22.3. The summed E-state index contributed by atoms with van der Waals surface area (Å²) in [5, 5.41) is 15.5. The number of nitrogens with one attached hydrogen (secondary N) is 3. The molecule has 0 radical (unpaired) electrons. The number of aromatic nitrogens is 5. The van der Waals surface area contributed by atoms with Crippen LogP contribution in [0, 0.1) is 11.8 Å². The Kier molecular flexibility index (Phi) is 10.3. The molecular formula is C45H52ClF2N11O4. The van der Waals surface area contributed by atoms with E-state index in [2.05, 4.69) is 55.5 Å². The van der Waals surface area contributed by atoms with Gasteiger partial charge in [0.2, 0.25) is 23.5 Å². The van der Waals surface area contributed by atoms with E-state index < -0.39 is 30.0 Å². The maximum atomic E-state index is 15.2. The molecule has 3 N–H and O–H groups in total. The zero-order valence-electron chi connectivity index (χ0n) is 35.9. The Morgan fingerprint density at radius 2 is 1.70 bits per heavy atom. The van der Waals surface area contributed by atoms with Crippen molar-refractivity contribution in [1.29, 1.82) is 0 Å². The second-order valence-electron chi connectivity index (χ2n) is 18.4. The van der Waals surface area contributed by atoms with Crippen molar-refractivity contribution < 1.29 is 23.1 Å². The van der Waals surface area contributed by atoms with E-state index in [4.69, 9.17) is 26.4 Å². The van der Waals surface area contributed by atoms with E-state index in [1.807, 2.05) is 23.9 Å². The molecule has 18 heteroatoms. The summed E-state index contributed by atoms with van der Waals surface area (Å²) in [5.41, 5.74) is 3.80. The van der Waals surface area contributed by atoms with Crippen LogP contribution in [0.2, 0.25) is 5.02 Å². The number of imide groups is 1. The van der Waals surface area contributed by atoms with Crippen LogP contribution >= 0.6 is 11.6 Å². The number of hydrogen-bond donors (Lipinski definition) is 3. The maximum Gasteiger partial charge on any atom is 0.301 e. The molecule has 1 aliphatic carbocycles. The number of pyridine rings is 1. The molecule has 2 unspecified atom stereocenters. The number of nitrogens with zero attached hydrogens (tertiary/aromatic N) is 8. The summed E-state index contributed by atoms with van der Waals surface area (Å²) in [5.74, 6) is -2.94. The van der Waals surface area contributed by atoms with Gasteiger partial charge in [0.15, 0.2) is 12.4 Å². The van der Waals surface area contributed by atoms with Crippen LogP contribution < -0.4 is 36.0 Å². The quantitative estimate of drug-likeness (QED) is 0.153. The molecule has 332 valence electrons. The highest BCUT2D eigenvalue weighted by Gasteiger charge is 2.51. The van der Waals surface area contributed by atoms with Crippen molar-refractivity contribution in [2.24, 2.45) is 25.9 Å². The molecule has 2 amide bonds. The van der Waals surface area contributed by atoms with Gasteiger partial charge in [-0.3, -0.25) is 29.3 Å². The van der Waals surface area contributed by atoms with E-state index in [0.29, 0.717) is 65.0 Å². The lowest BCUT2D eigenvalue weighted by Crippen LogP contribution is -2.59. The monoisotopic (exact) mass is 883 g/mol. The Labute approximate surface area is 368 Å². The third kappa shape index (κ3) is 7.39. The average Bonchev–Trinajstić information content (AvgIpc) is 4.08. The normalized spacial score (nSPS) is 22.4. The zero-order chi connectivity index (χ0) is 43.9. The number of carbonyl (C=O) groups excluding carboxylic acids is 2. The van der Waals surface area contributed by atoms with Gasteiger partial charge < -0.3 is 29.7 Å². The molecular weight excluding hydrogens is 832 g/mol. The van der Waals surface area contributed by atoms with Crippen LogP contribution in [0.1, 0.15) is 64.0 Å². The van der Waals surface area contributed by atoms with E-state index in [1.165, 1.54) is 4.57 Å². The highest BCUT2D eigenvalue weighted by atomic mass is 35.5. The predicted octanol–water partition coefficient (Wildman–Crippen LogP) is 6.17. The number of anilines is 5. The zero-order valence-corrected chi connectivity index (χ0v) is 36.6. The molecule has 0 bridgehead atoms. The van der Waals surface area contributed by atoms with Crippen LogP contribution in [0.4, 0.5) is 37.6 Å². The number of piperidine rings is 2. The number of alkyl halides is 2. The van der Waals surface area contributed by atoms with Crippen molar-refractivity contribution in [2.75, 3.05) is 66.3 Å². The minimum Gasteiger partial charge on any atom is -0.480 e. The number of para-hydroxylation sites is 1. The summed E-state index contributed by atoms with van der Waals surface area (Å²) >= 11 is 6.67. The third-order valence-corrected chi connectivity index (χ3v) is 14.5. The molecule has 63 heavy (non-hydrogen) atoms. The van der Waals surface area contributed by atoms with E-state index in [0.717, 1.165) is 74.4 Å². The fourth-order valence-corrected chi connectivity index (χ4v) is 10.5. The molecule has 5 aromatic rings. The van der Waals surface area contributed by atoms with Gasteiger partial charge in [0.1, 0.15) is 5.02 Å². The van der Waals surface area contributed by atoms with Gasteiger partial charge in [0.25, 0.3) is 5.56 Å². The van der Waals surface area contributed by atoms with Crippen molar-refractivity contribution in [3.8, 4) is 5.75 Å². The number of rotatable bonds is 8. The Balaban J connectivity index is 0.803. The van der Waals surface area contributed by atoms with Crippen molar-refractivity contribution in [1.82, 2.24) is 34.5 Å². The number of fused-ring (bicyclic) bond motifs is 4. The van der Waals surface area contributed by atoms with Gasteiger partial charge >= 0.3 is 5.92 Å². The van der Waals surface area contributed by atoms with Crippen molar-refractivity contribution in [3.63, 3.8) is 0 Å². The standard InChI is InChI=1S/C45H52ClF2N11O4/c1-44(2,26-14-16-57(17-15-26)33-7-5-6-28-35(54-56(4)37(28)33)29-11-13-34(60)51-41(29)61)59-20-18-58(19-21-59)43-49-23-31(46)40(53-43)50-27-10-12-32-30(22-27)36-38(42(62)55(32)3)63-24-45(47,48)39(52-36)25-8-9-25/h5-7,10,12,22-23,25-26,29,39,52H,8-9,11,13-21,24H2,1-4H3,(H,49,50,53)(H,51,60,61). The molecule has 2 atom stereocenters. The number of benzene rings is 2. The number of carbonyl (C=O) groups is 2. The number of piperazine rings is 1. The van der Waals surface area contributed by atoms with E-state index in [-0.39, 0.29) is 34.7 Å². The number of halogens is 3. The highest BCUT2D eigenvalue weighted by molar-refractivity contribution is 6.33. The van der Waals surface area contributed by atoms with Gasteiger partial charge in [-0.25, -0.2) is 13.8 Å². The SMILES string of the molecule is Cn1nc(C2CCC(=O)NC2=O)c2cccc(N3CCC(C(C)(C)N4CCN(c5ncc(Cl)c(Nc6ccc7c(c6)c6c(c(=O)n7C)OCC(F)(F)C(C7CC7)N6)n5)CC4)CC3)c21. The van der Waals surface area contributed by atoms with Crippen LogP contribution in [-0.2, 0) is 23.7 Å². The third-order valence-electron chi connectivity index (χ3n) is 14.3. The van der Waals surface area contributed by atoms with E-state index >= 15 is 8.78 Å². The topological polar surface area (TPSA) is 155 Å². The van der Waals surface area contributed by atoms with Crippen molar-refractivity contribution in [3.05, 3.63) is 63.7 Å². The molecule has 10 rings (SSSR count). The number of ether oxygens (including phenoxy) is 1. The molecule has 1 saturated carbocycles. The van der Waals surface area contributed by atoms with Crippen molar-refractivity contribution in [2.45, 2.75) is 75.8 Å². The molecule has 3 aromatic heterocycles. The fourth-order valence-electron chi connectivity index (χ4n) is 10.4. The number of aryl methyl sites for hydroxylation is 2. The summed E-state index contributed by atoms with van der Waals surface area (Å²) in [6.45, 7) is 8.80. The highest BCUT2D eigenvalue weighted by Crippen LogP contribution is 2.46. The Morgan fingerprint density at radius 3 is 2.43 bits per heavy atom. The lowest BCUT2D eigenvalue weighted by atomic mass is 9.78. The second-order valence-corrected chi connectivity index (χ2v) is 18.8. The van der Waals surface area contributed by atoms with Crippen LogP contribution in [0.25, 0.3) is 21.8 Å².